The number of hydrogen-bond acceptors (Lipinski definition) is 3. The smallest absolute Gasteiger partial charge is 0.343 e. The summed E-state index contributed by atoms with van der Waals surface area (Å²) in [5.74, 6) is -1.11. The number of carbonyl (C=O) groups is 1. The predicted molar refractivity (Wildman–Crippen MR) is 141 cm³/mol. The van der Waals surface area contributed by atoms with Gasteiger partial charge in [-0.2, -0.15) is 0 Å². The number of halogens is 1. The number of ether oxygens (including phenoxy) is 1. The van der Waals surface area contributed by atoms with E-state index < -0.39 is 11.8 Å². The molecular weight excluding hydrogens is 437 g/mol. The summed E-state index contributed by atoms with van der Waals surface area (Å²) in [5, 5.41) is 0. The van der Waals surface area contributed by atoms with Gasteiger partial charge in [0.25, 0.3) is 0 Å². The molecule has 4 heteroatoms. The number of nitrogens with zero attached hydrogens (tertiary/aromatic N) is 1. The molecule has 1 heterocycles. The maximum absolute atomic E-state index is 14.5. The lowest BCUT2D eigenvalue weighted by Gasteiger charge is -2.08. The molecule has 0 N–H and O–H groups in total. The number of pyridine rings is 1. The van der Waals surface area contributed by atoms with E-state index in [-0.39, 0.29) is 5.75 Å². The zero-order valence-corrected chi connectivity index (χ0v) is 21.2. The van der Waals surface area contributed by atoms with Crippen molar-refractivity contribution < 1.29 is 13.9 Å². The molecule has 0 aliphatic rings. The highest BCUT2D eigenvalue weighted by molar-refractivity contribution is 5.91. The Morgan fingerprint density at radius 1 is 0.771 bits per heavy atom. The van der Waals surface area contributed by atoms with Gasteiger partial charge in [-0.3, -0.25) is 4.98 Å². The first-order chi connectivity index (χ1) is 17.1. The molecule has 1 aromatic heterocycles. The van der Waals surface area contributed by atoms with Crippen LogP contribution >= 0.6 is 0 Å². The zero-order chi connectivity index (χ0) is 24.9. The normalized spacial score (nSPS) is 10.9. The van der Waals surface area contributed by atoms with Crippen LogP contribution in [0.25, 0.3) is 11.3 Å². The Morgan fingerprint density at radius 2 is 1.40 bits per heavy atom. The fraction of sp³-hybridized carbons (Fsp3) is 0.419. The second kappa shape index (κ2) is 14.4. The highest BCUT2D eigenvalue weighted by Crippen LogP contribution is 2.23. The van der Waals surface area contributed by atoms with E-state index in [0.717, 1.165) is 42.5 Å². The van der Waals surface area contributed by atoms with Crippen LogP contribution in [0, 0.1) is 5.82 Å². The van der Waals surface area contributed by atoms with Gasteiger partial charge in [0.15, 0.2) is 11.6 Å². The van der Waals surface area contributed by atoms with Crippen molar-refractivity contribution in [2.75, 3.05) is 0 Å². The summed E-state index contributed by atoms with van der Waals surface area (Å²) in [5.41, 5.74) is 4.34. The minimum absolute atomic E-state index is 0.0386. The number of aryl methyl sites for hydroxylation is 2. The minimum atomic E-state index is -0.572. The third-order valence-corrected chi connectivity index (χ3v) is 6.33. The van der Waals surface area contributed by atoms with Crippen LogP contribution in [0.1, 0.15) is 93.1 Å². The van der Waals surface area contributed by atoms with Gasteiger partial charge in [0, 0.05) is 11.8 Å². The molecule has 0 bridgehead atoms. The van der Waals surface area contributed by atoms with Crippen LogP contribution in [0.15, 0.2) is 60.8 Å². The average molecular weight is 476 g/mol. The van der Waals surface area contributed by atoms with Crippen LogP contribution in [0.3, 0.4) is 0 Å². The van der Waals surface area contributed by atoms with Crippen molar-refractivity contribution in [1.29, 1.82) is 0 Å². The van der Waals surface area contributed by atoms with Crippen molar-refractivity contribution in [3.05, 3.63) is 83.3 Å². The van der Waals surface area contributed by atoms with Gasteiger partial charge in [-0.05, 0) is 67.1 Å². The van der Waals surface area contributed by atoms with Crippen LogP contribution in [0.5, 0.6) is 5.75 Å². The van der Waals surface area contributed by atoms with Gasteiger partial charge in [-0.25, -0.2) is 9.18 Å². The third kappa shape index (κ3) is 8.61. The molecule has 186 valence electrons. The Kier molecular flexibility index (Phi) is 10.9. The molecule has 3 aromatic rings. The molecule has 0 saturated carbocycles. The second-order valence-corrected chi connectivity index (χ2v) is 9.26. The standard InChI is InChI=1S/C31H38FNO2/c1-3-5-7-9-11-13-25-14-20-29(33-23-25)26-16-18-27(19-17-26)31(34)35-30-21-15-24(22-28(30)32)12-10-8-6-4-2/h14-23H,3-13H2,1-2H3. The van der Waals surface area contributed by atoms with Gasteiger partial charge in [-0.1, -0.05) is 83.1 Å². The second-order valence-electron chi connectivity index (χ2n) is 9.26. The number of hydrogen-bond donors (Lipinski definition) is 0. The van der Waals surface area contributed by atoms with Gasteiger partial charge in [-0.15, -0.1) is 0 Å². The molecule has 0 atom stereocenters. The van der Waals surface area contributed by atoms with E-state index in [9.17, 15) is 9.18 Å². The fourth-order valence-corrected chi connectivity index (χ4v) is 4.15. The molecule has 0 radical (unpaired) electrons. The molecule has 3 nitrogen and oxygen atoms in total. The first-order valence-corrected chi connectivity index (χ1v) is 13.2. The van der Waals surface area contributed by atoms with Crippen LogP contribution in [0.4, 0.5) is 4.39 Å². The summed E-state index contributed by atoms with van der Waals surface area (Å²) >= 11 is 0. The molecule has 0 amide bonds. The summed E-state index contributed by atoms with van der Waals surface area (Å²) in [7, 11) is 0. The van der Waals surface area contributed by atoms with E-state index >= 15 is 0 Å². The number of aromatic nitrogens is 1. The number of rotatable bonds is 14. The SMILES string of the molecule is CCCCCCCc1ccc(-c2ccc(C(=O)Oc3ccc(CCCCCC)cc3F)cc2)nc1. The lowest BCUT2D eigenvalue weighted by atomic mass is 10.0. The average Bonchev–Trinajstić information content (AvgIpc) is 2.88. The van der Waals surface area contributed by atoms with E-state index in [1.54, 1.807) is 18.2 Å². The van der Waals surface area contributed by atoms with Crippen LogP contribution in [0.2, 0.25) is 0 Å². The Bertz CT molecular complexity index is 1040. The zero-order valence-electron chi connectivity index (χ0n) is 21.2. The molecule has 2 aromatic carbocycles. The molecule has 3 rings (SSSR count). The molecule has 0 saturated heterocycles. The lowest BCUT2D eigenvalue weighted by molar-refractivity contribution is 0.0728. The maximum Gasteiger partial charge on any atom is 0.343 e. The van der Waals surface area contributed by atoms with Crippen molar-refractivity contribution >= 4 is 5.97 Å². The first-order valence-electron chi connectivity index (χ1n) is 13.2. The van der Waals surface area contributed by atoms with E-state index in [4.69, 9.17) is 4.74 Å². The van der Waals surface area contributed by atoms with E-state index in [0.29, 0.717) is 5.56 Å². The van der Waals surface area contributed by atoms with Crippen molar-refractivity contribution in [3.63, 3.8) is 0 Å². The minimum Gasteiger partial charge on any atom is -0.420 e. The van der Waals surface area contributed by atoms with Gasteiger partial charge < -0.3 is 4.74 Å². The summed E-state index contributed by atoms with van der Waals surface area (Å²) in [6.07, 6.45) is 14.7. The quantitative estimate of drug-likeness (QED) is 0.133. The van der Waals surface area contributed by atoms with Gasteiger partial charge >= 0.3 is 5.97 Å². The largest absolute Gasteiger partial charge is 0.420 e. The van der Waals surface area contributed by atoms with Crippen molar-refractivity contribution in [2.24, 2.45) is 0 Å². The van der Waals surface area contributed by atoms with E-state index in [1.807, 2.05) is 30.5 Å². The first kappa shape index (κ1) is 26.6. The third-order valence-electron chi connectivity index (χ3n) is 6.33. The Labute approximate surface area is 209 Å². The molecule has 0 aliphatic carbocycles. The summed E-state index contributed by atoms with van der Waals surface area (Å²) < 4.78 is 19.8. The molecule has 35 heavy (non-hydrogen) atoms. The van der Waals surface area contributed by atoms with Crippen molar-refractivity contribution in [2.45, 2.75) is 84.5 Å². The molecular formula is C31H38FNO2. The molecule has 0 spiro atoms. The Morgan fingerprint density at radius 3 is 2.03 bits per heavy atom. The fourth-order valence-electron chi connectivity index (χ4n) is 4.15. The van der Waals surface area contributed by atoms with E-state index in [1.165, 1.54) is 56.6 Å². The van der Waals surface area contributed by atoms with Gasteiger partial charge in [0.1, 0.15) is 0 Å². The van der Waals surface area contributed by atoms with E-state index in [2.05, 4.69) is 24.9 Å². The monoisotopic (exact) mass is 475 g/mol. The number of esters is 1. The number of benzene rings is 2. The van der Waals surface area contributed by atoms with Crippen molar-refractivity contribution in [1.82, 2.24) is 4.98 Å². The lowest BCUT2D eigenvalue weighted by Crippen LogP contribution is -2.09. The van der Waals surface area contributed by atoms with Crippen LogP contribution < -0.4 is 4.74 Å². The highest BCUT2D eigenvalue weighted by Gasteiger charge is 2.13. The van der Waals surface area contributed by atoms with Gasteiger partial charge in [0.2, 0.25) is 0 Å². The Balaban J connectivity index is 1.53. The van der Waals surface area contributed by atoms with Gasteiger partial charge in [0.05, 0.1) is 11.3 Å². The molecule has 0 fully saturated rings. The summed E-state index contributed by atoms with van der Waals surface area (Å²) in [6, 6.07) is 16.1. The summed E-state index contributed by atoms with van der Waals surface area (Å²) in [4.78, 5) is 17.1. The van der Waals surface area contributed by atoms with Crippen LogP contribution in [-0.2, 0) is 12.8 Å². The number of carbonyl (C=O) groups excluding carboxylic acids is 1. The topological polar surface area (TPSA) is 39.2 Å². The van der Waals surface area contributed by atoms with Crippen LogP contribution in [-0.4, -0.2) is 11.0 Å². The molecule has 0 unspecified atom stereocenters. The highest BCUT2D eigenvalue weighted by atomic mass is 19.1. The Hall–Kier alpha value is -3.01. The summed E-state index contributed by atoms with van der Waals surface area (Å²) in [6.45, 7) is 4.40. The van der Waals surface area contributed by atoms with Crippen molar-refractivity contribution in [3.8, 4) is 17.0 Å². The maximum atomic E-state index is 14.5. The predicted octanol–water partition coefficient (Wildman–Crippen LogP) is 8.74. The molecule has 0 aliphatic heterocycles. The number of unbranched alkanes of at least 4 members (excludes halogenated alkanes) is 7.